The van der Waals surface area contributed by atoms with Gasteiger partial charge < -0.3 is 19.5 Å². The summed E-state index contributed by atoms with van der Waals surface area (Å²) >= 11 is 0. The van der Waals surface area contributed by atoms with Gasteiger partial charge in [-0.2, -0.15) is 14.0 Å². The molecule has 35 heavy (non-hydrogen) atoms. The lowest BCUT2D eigenvalue weighted by Gasteiger charge is -2.17. The lowest BCUT2D eigenvalue weighted by Crippen LogP contribution is -2.28. The van der Waals surface area contributed by atoms with Gasteiger partial charge in [-0.3, -0.25) is 9.20 Å². The van der Waals surface area contributed by atoms with E-state index in [4.69, 9.17) is 14.2 Å². The van der Waals surface area contributed by atoms with Gasteiger partial charge in [0.1, 0.15) is 22.7 Å². The topological polar surface area (TPSA) is 97.9 Å². The molecule has 0 unspecified atom stereocenters. The number of ether oxygens (including phenoxy) is 3. The van der Waals surface area contributed by atoms with E-state index >= 15 is 0 Å². The average Bonchev–Trinajstić information content (AvgIpc) is 3.26. The Labute approximate surface area is 202 Å². The number of methoxy groups -OCH3 is 1. The first-order valence-electron chi connectivity index (χ1n) is 11.1. The number of carbonyl (C=O) groups excluding carboxylic acids is 1. The first-order chi connectivity index (χ1) is 16.7. The predicted octanol–water partition coefficient (Wildman–Crippen LogP) is 4.57. The third-order valence-electron chi connectivity index (χ3n) is 5.42. The molecule has 3 rings (SSSR count). The van der Waals surface area contributed by atoms with Gasteiger partial charge in [0.05, 0.1) is 37.1 Å². The molecule has 186 valence electrons. The zero-order valence-electron chi connectivity index (χ0n) is 20.1. The van der Waals surface area contributed by atoms with Crippen molar-refractivity contribution in [3.63, 3.8) is 0 Å². The maximum absolute atomic E-state index is 13.2. The number of nitriles is 1. The van der Waals surface area contributed by atoms with Crippen LogP contribution in [0.4, 0.5) is 8.78 Å². The van der Waals surface area contributed by atoms with Gasteiger partial charge in [0.2, 0.25) is 0 Å². The number of carbonyl (C=O) groups is 1. The minimum absolute atomic E-state index is 0.0716. The van der Waals surface area contributed by atoms with E-state index in [1.165, 1.54) is 13.2 Å². The molecule has 0 atom stereocenters. The second-order valence-corrected chi connectivity index (χ2v) is 8.32. The second kappa shape index (κ2) is 11.1. The van der Waals surface area contributed by atoms with Crippen LogP contribution in [0.25, 0.3) is 16.9 Å². The van der Waals surface area contributed by atoms with E-state index in [1.807, 2.05) is 6.92 Å². The molecule has 0 radical (unpaired) electrons. The summed E-state index contributed by atoms with van der Waals surface area (Å²) in [4.78, 5) is 17.2. The van der Waals surface area contributed by atoms with Crippen molar-refractivity contribution in [1.82, 2.24) is 14.7 Å². The minimum atomic E-state index is -3.15. The maximum atomic E-state index is 13.2. The summed E-state index contributed by atoms with van der Waals surface area (Å²) in [7, 11) is 1.34. The van der Waals surface area contributed by atoms with E-state index in [0.29, 0.717) is 23.5 Å². The molecule has 0 saturated carbocycles. The van der Waals surface area contributed by atoms with Crippen LogP contribution in [0.5, 0.6) is 11.5 Å². The van der Waals surface area contributed by atoms with Crippen molar-refractivity contribution in [1.29, 1.82) is 5.26 Å². The van der Waals surface area contributed by atoms with Gasteiger partial charge in [0, 0.05) is 24.9 Å². The third-order valence-corrected chi connectivity index (χ3v) is 5.42. The Bertz CT molecular complexity index is 1230. The van der Waals surface area contributed by atoms with E-state index in [-0.39, 0.29) is 30.2 Å². The SMILES string of the molecule is CCCOCCNC(=O)c1c(OC)cc(-c2cnc3cc(C(C)(C)C#N)ccn23)cc1OC(F)F. The van der Waals surface area contributed by atoms with Crippen LogP contribution in [0.3, 0.4) is 0 Å². The molecular formula is C25H28F2N4O4. The average molecular weight is 487 g/mol. The van der Waals surface area contributed by atoms with Crippen LogP contribution in [0.1, 0.15) is 43.1 Å². The smallest absolute Gasteiger partial charge is 0.387 e. The van der Waals surface area contributed by atoms with Gasteiger partial charge in [-0.15, -0.1) is 0 Å². The van der Waals surface area contributed by atoms with Crippen molar-refractivity contribution in [3.05, 3.63) is 47.8 Å². The molecule has 1 aromatic carbocycles. The summed E-state index contributed by atoms with van der Waals surface area (Å²) in [5.74, 6) is -0.869. The van der Waals surface area contributed by atoms with E-state index in [0.717, 1.165) is 12.0 Å². The molecule has 0 spiro atoms. The number of imidazole rings is 1. The normalized spacial score (nSPS) is 11.5. The van der Waals surface area contributed by atoms with Crippen molar-refractivity contribution >= 4 is 11.6 Å². The Morgan fingerprint density at radius 1 is 1.26 bits per heavy atom. The number of nitrogens with zero attached hydrogens (tertiary/aromatic N) is 3. The number of benzene rings is 1. The van der Waals surface area contributed by atoms with Crippen molar-refractivity contribution in [2.24, 2.45) is 0 Å². The highest BCUT2D eigenvalue weighted by Crippen LogP contribution is 2.36. The zero-order valence-corrected chi connectivity index (χ0v) is 20.1. The Hall–Kier alpha value is -3.71. The molecule has 2 aromatic heterocycles. The van der Waals surface area contributed by atoms with E-state index in [1.54, 1.807) is 48.8 Å². The summed E-state index contributed by atoms with van der Waals surface area (Å²) in [6.45, 7) is 3.48. The summed E-state index contributed by atoms with van der Waals surface area (Å²) < 4.78 is 43.7. The van der Waals surface area contributed by atoms with Crippen molar-refractivity contribution in [2.45, 2.75) is 39.2 Å². The fourth-order valence-corrected chi connectivity index (χ4v) is 3.53. The van der Waals surface area contributed by atoms with Crippen LogP contribution in [0, 0.1) is 11.3 Å². The number of fused-ring (bicyclic) bond motifs is 1. The van der Waals surface area contributed by atoms with Gasteiger partial charge in [-0.25, -0.2) is 4.98 Å². The van der Waals surface area contributed by atoms with Crippen molar-refractivity contribution < 1.29 is 27.8 Å². The largest absolute Gasteiger partial charge is 0.496 e. The minimum Gasteiger partial charge on any atom is -0.496 e. The number of hydrogen-bond donors (Lipinski definition) is 1. The van der Waals surface area contributed by atoms with Crippen LogP contribution in [0.15, 0.2) is 36.7 Å². The predicted molar refractivity (Wildman–Crippen MR) is 126 cm³/mol. The monoisotopic (exact) mass is 486 g/mol. The summed E-state index contributed by atoms with van der Waals surface area (Å²) in [5.41, 5.74) is 1.55. The van der Waals surface area contributed by atoms with Gasteiger partial charge in [0.25, 0.3) is 5.91 Å². The number of alkyl halides is 2. The third kappa shape index (κ3) is 5.87. The first kappa shape index (κ1) is 25.9. The van der Waals surface area contributed by atoms with Crippen molar-refractivity contribution in [2.75, 3.05) is 26.9 Å². The van der Waals surface area contributed by atoms with E-state index in [2.05, 4.69) is 16.4 Å². The molecular weight excluding hydrogens is 458 g/mol. The Morgan fingerprint density at radius 3 is 2.66 bits per heavy atom. The standard InChI is InChI=1S/C25H28F2N4O4/c1-5-9-34-10-7-29-23(32)22-19(33-4)11-16(12-20(22)35-24(26)27)18-14-30-21-13-17(6-8-31(18)21)25(2,3)15-28/h6,8,11-14,24H,5,7,9-10H2,1-4H3,(H,29,32). The quantitative estimate of drug-likeness (QED) is 0.399. The summed E-state index contributed by atoms with van der Waals surface area (Å²) in [6.07, 6.45) is 4.17. The Morgan fingerprint density at radius 2 is 2.00 bits per heavy atom. The first-order valence-corrected chi connectivity index (χ1v) is 11.1. The molecule has 0 saturated heterocycles. The van der Waals surface area contributed by atoms with Crippen LogP contribution in [-0.4, -0.2) is 48.8 Å². The molecule has 8 nitrogen and oxygen atoms in total. The number of nitrogens with one attached hydrogen (secondary N) is 1. The van der Waals surface area contributed by atoms with Gasteiger partial charge in [0.15, 0.2) is 0 Å². The summed E-state index contributed by atoms with van der Waals surface area (Å²) in [6, 6.07) is 8.78. The number of amides is 1. The van der Waals surface area contributed by atoms with Crippen molar-refractivity contribution in [3.8, 4) is 28.8 Å². The number of rotatable bonds is 11. The number of pyridine rings is 1. The number of aromatic nitrogens is 2. The van der Waals surface area contributed by atoms with Gasteiger partial charge in [-0.1, -0.05) is 6.92 Å². The van der Waals surface area contributed by atoms with Crippen LogP contribution in [0.2, 0.25) is 0 Å². The second-order valence-electron chi connectivity index (χ2n) is 8.32. The molecule has 0 bridgehead atoms. The van der Waals surface area contributed by atoms with E-state index < -0.39 is 17.9 Å². The van der Waals surface area contributed by atoms with Crippen LogP contribution < -0.4 is 14.8 Å². The van der Waals surface area contributed by atoms with Crippen LogP contribution >= 0.6 is 0 Å². The van der Waals surface area contributed by atoms with Gasteiger partial charge >= 0.3 is 6.61 Å². The molecule has 0 aliphatic rings. The highest BCUT2D eigenvalue weighted by molar-refractivity contribution is 6.00. The van der Waals surface area contributed by atoms with Crippen LogP contribution in [-0.2, 0) is 10.2 Å². The molecule has 10 heteroatoms. The molecule has 0 aliphatic carbocycles. The molecule has 3 aromatic rings. The molecule has 0 fully saturated rings. The molecule has 1 amide bonds. The lowest BCUT2D eigenvalue weighted by atomic mass is 9.87. The highest BCUT2D eigenvalue weighted by atomic mass is 19.3. The molecule has 2 heterocycles. The zero-order chi connectivity index (χ0) is 25.6. The Kier molecular flexibility index (Phi) is 8.25. The number of hydrogen-bond acceptors (Lipinski definition) is 6. The molecule has 1 N–H and O–H groups in total. The lowest BCUT2D eigenvalue weighted by molar-refractivity contribution is -0.0502. The van der Waals surface area contributed by atoms with Gasteiger partial charge in [-0.05, 0) is 50.1 Å². The molecule has 0 aliphatic heterocycles. The number of halogens is 2. The summed E-state index contributed by atoms with van der Waals surface area (Å²) in [5, 5.41) is 12.1. The highest BCUT2D eigenvalue weighted by Gasteiger charge is 2.24. The van der Waals surface area contributed by atoms with E-state index in [9.17, 15) is 18.8 Å². The Balaban J connectivity index is 2.01. The fourth-order valence-electron chi connectivity index (χ4n) is 3.53. The fraction of sp³-hybridized carbons (Fsp3) is 0.400. The maximum Gasteiger partial charge on any atom is 0.387 e.